The number of nitrogens with one attached hydrogen (secondary N) is 4. The molecule has 316 valence electrons. The number of benzene rings is 2. The molecule has 6 heterocycles. The molecule has 0 saturated carbocycles. The monoisotopic (exact) mass is 823 g/mol. The first-order valence-corrected chi connectivity index (χ1v) is 21.7. The molecule has 15 nitrogen and oxygen atoms in total. The number of amides is 4. The number of pyridine rings is 1. The van der Waals surface area contributed by atoms with Gasteiger partial charge in [-0.25, -0.2) is 9.97 Å². The molecule has 3 fully saturated rings. The Morgan fingerprint density at radius 2 is 1.69 bits per heavy atom. The molecular formula is C46H53N11O4. The van der Waals surface area contributed by atoms with Crippen molar-refractivity contribution in [1.82, 2.24) is 35.4 Å². The second kappa shape index (κ2) is 17.3. The van der Waals surface area contributed by atoms with E-state index < -0.39 is 6.04 Å². The summed E-state index contributed by atoms with van der Waals surface area (Å²) in [6.07, 6.45) is 9.03. The van der Waals surface area contributed by atoms with Gasteiger partial charge in [-0.3, -0.25) is 29.4 Å². The van der Waals surface area contributed by atoms with Gasteiger partial charge in [0.15, 0.2) is 0 Å². The van der Waals surface area contributed by atoms with E-state index in [0.29, 0.717) is 60.2 Å². The SMILES string of the molecule is C=CCNC(=O)c1cnc(Nc2ccc(N3CCN(C4CCN(c5cccc6c5CN(C5CCC(=O)NC5=O)C6=O)CC4)CC3)cc2)nc1Nc1ccc2c(n1)C(CC)CC2. The van der Waals surface area contributed by atoms with E-state index in [1.54, 1.807) is 11.0 Å². The van der Waals surface area contributed by atoms with Crippen molar-refractivity contribution >= 4 is 58.3 Å². The quantitative estimate of drug-likeness (QED) is 0.108. The third-order valence-corrected chi connectivity index (χ3v) is 13.0. The van der Waals surface area contributed by atoms with Crippen LogP contribution in [-0.4, -0.2) is 106 Å². The molecule has 2 unspecified atom stereocenters. The van der Waals surface area contributed by atoms with Gasteiger partial charge in [-0.05, 0) is 86.6 Å². The van der Waals surface area contributed by atoms with Gasteiger partial charge in [-0.2, -0.15) is 4.98 Å². The second-order valence-electron chi connectivity index (χ2n) is 16.6. The third-order valence-electron chi connectivity index (χ3n) is 13.0. The van der Waals surface area contributed by atoms with Crippen LogP contribution in [0, 0.1) is 0 Å². The molecule has 1 aliphatic carbocycles. The van der Waals surface area contributed by atoms with Gasteiger partial charge in [0.1, 0.15) is 23.2 Å². The molecule has 0 spiro atoms. The number of piperidine rings is 2. The third kappa shape index (κ3) is 8.26. The summed E-state index contributed by atoms with van der Waals surface area (Å²) < 4.78 is 0. The Balaban J connectivity index is 0.791. The van der Waals surface area contributed by atoms with E-state index >= 15 is 0 Å². The van der Waals surface area contributed by atoms with E-state index in [2.05, 4.69) is 78.7 Å². The molecule has 2 aromatic heterocycles. The molecule has 4 aromatic rings. The van der Waals surface area contributed by atoms with E-state index in [1.807, 2.05) is 30.3 Å². The van der Waals surface area contributed by atoms with Crippen molar-refractivity contribution in [3.8, 4) is 0 Å². The lowest BCUT2D eigenvalue weighted by Crippen LogP contribution is -2.53. The van der Waals surface area contributed by atoms with Crippen molar-refractivity contribution in [2.75, 3.05) is 66.2 Å². The summed E-state index contributed by atoms with van der Waals surface area (Å²) >= 11 is 0. The summed E-state index contributed by atoms with van der Waals surface area (Å²) in [5.74, 6) is 0.724. The summed E-state index contributed by atoms with van der Waals surface area (Å²) in [5.41, 5.74) is 7.43. The number of aryl methyl sites for hydroxylation is 1. The number of anilines is 6. The van der Waals surface area contributed by atoms with Crippen LogP contribution in [0.4, 0.5) is 34.6 Å². The zero-order valence-electron chi connectivity index (χ0n) is 34.7. The highest BCUT2D eigenvalue weighted by Crippen LogP contribution is 2.37. The predicted octanol–water partition coefficient (Wildman–Crippen LogP) is 5.27. The van der Waals surface area contributed by atoms with Crippen LogP contribution in [0.5, 0.6) is 0 Å². The van der Waals surface area contributed by atoms with Gasteiger partial charge >= 0.3 is 0 Å². The number of hydrogen-bond acceptors (Lipinski definition) is 12. The molecule has 2 aromatic carbocycles. The number of fused-ring (bicyclic) bond motifs is 2. The standard InChI is InChI=1S/C46H53N11O4/c1-3-20-47-43(59)35-27-48-46(53-42(35)51-39-16-10-30-9-8-29(4-2)41(30)50-39)49-31-11-13-32(14-12-31)54-23-25-55(26-24-54)33-18-21-56(22-19-33)37-7-5-6-34-36(37)28-57(45(34)61)38-15-17-40(58)52-44(38)60/h3,5-7,10-14,16,27,29,33,38H,1,4,8-9,15,17-26,28H2,2H3,(H,47,59)(H,52,58,60)(H2,48,49,50,51,53). The number of carbonyl (C=O) groups is 4. The smallest absolute Gasteiger partial charge is 0.256 e. The average molecular weight is 824 g/mol. The van der Waals surface area contributed by atoms with Crippen LogP contribution in [0.1, 0.15) is 88.9 Å². The molecule has 2 atom stereocenters. The first-order valence-electron chi connectivity index (χ1n) is 21.7. The Morgan fingerprint density at radius 1 is 0.885 bits per heavy atom. The number of carbonyl (C=O) groups excluding carboxylic acids is 4. The van der Waals surface area contributed by atoms with Crippen LogP contribution in [0.15, 0.2) is 73.4 Å². The molecule has 0 bridgehead atoms. The molecule has 0 radical (unpaired) electrons. The van der Waals surface area contributed by atoms with Crippen LogP contribution < -0.4 is 31.1 Å². The molecule has 61 heavy (non-hydrogen) atoms. The van der Waals surface area contributed by atoms with Crippen molar-refractivity contribution in [1.29, 1.82) is 0 Å². The molecule has 4 aliphatic heterocycles. The van der Waals surface area contributed by atoms with Crippen LogP contribution in [0.2, 0.25) is 0 Å². The van der Waals surface area contributed by atoms with Crippen LogP contribution in [0.3, 0.4) is 0 Å². The lowest BCUT2D eigenvalue weighted by atomic mass is 9.99. The van der Waals surface area contributed by atoms with Gasteiger partial charge in [0.2, 0.25) is 17.8 Å². The minimum Gasteiger partial charge on any atom is -0.371 e. The maximum Gasteiger partial charge on any atom is 0.256 e. The van der Waals surface area contributed by atoms with E-state index in [9.17, 15) is 19.2 Å². The van der Waals surface area contributed by atoms with Gasteiger partial charge in [0.05, 0.1) is 0 Å². The van der Waals surface area contributed by atoms with E-state index in [0.717, 1.165) is 99.7 Å². The minimum atomic E-state index is -0.615. The Kier molecular flexibility index (Phi) is 11.4. The van der Waals surface area contributed by atoms with Crippen LogP contribution in [0.25, 0.3) is 0 Å². The number of imide groups is 1. The Hall–Kier alpha value is -6.35. The van der Waals surface area contributed by atoms with Crippen molar-refractivity contribution in [2.24, 2.45) is 0 Å². The Bertz CT molecular complexity index is 2340. The maximum atomic E-state index is 13.4. The second-order valence-corrected chi connectivity index (χ2v) is 16.6. The highest BCUT2D eigenvalue weighted by molar-refractivity contribution is 6.06. The molecular weight excluding hydrogens is 771 g/mol. The highest BCUT2D eigenvalue weighted by atomic mass is 16.2. The van der Waals surface area contributed by atoms with Gasteiger partial charge in [-0.1, -0.05) is 25.1 Å². The van der Waals surface area contributed by atoms with Crippen molar-refractivity contribution in [3.05, 3.63) is 101 Å². The van der Waals surface area contributed by atoms with Crippen LogP contribution in [-0.2, 0) is 22.6 Å². The largest absolute Gasteiger partial charge is 0.371 e. The van der Waals surface area contributed by atoms with Crippen molar-refractivity contribution < 1.29 is 19.2 Å². The van der Waals surface area contributed by atoms with E-state index in [1.165, 1.54) is 11.8 Å². The number of hydrogen-bond donors (Lipinski definition) is 4. The number of piperazine rings is 1. The van der Waals surface area contributed by atoms with Crippen molar-refractivity contribution in [2.45, 2.75) is 76.4 Å². The zero-order valence-corrected chi connectivity index (χ0v) is 34.7. The summed E-state index contributed by atoms with van der Waals surface area (Å²) in [5, 5.41) is 11.9. The van der Waals surface area contributed by atoms with Crippen molar-refractivity contribution in [3.63, 3.8) is 0 Å². The maximum absolute atomic E-state index is 13.4. The number of nitrogens with zero attached hydrogens (tertiary/aromatic N) is 7. The Labute approximate surface area is 356 Å². The fourth-order valence-corrected chi connectivity index (χ4v) is 9.65. The van der Waals surface area contributed by atoms with Gasteiger partial charge in [-0.15, -0.1) is 6.58 Å². The average Bonchev–Trinajstić information content (AvgIpc) is 3.86. The first kappa shape index (κ1) is 40.1. The lowest BCUT2D eigenvalue weighted by Gasteiger charge is -2.44. The minimum absolute atomic E-state index is 0.133. The molecule has 3 saturated heterocycles. The fourth-order valence-electron chi connectivity index (χ4n) is 9.65. The number of rotatable bonds is 12. The summed E-state index contributed by atoms with van der Waals surface area (Å²) in [6.45, 7) is 12.2. The van der Waals surface area contributed by atoms with Gasteiger partial charge in [0, 0.05) is 111 Å². The van der Waals surface area contributed by atoms with Crippen LogP contribution >= 0.6 is 0 Å². The number of aromatic nitrogens is 3. The summed E-state index contributed by atoms with van der Waals surface area (Å²) in [4.78, 5) is 74.1. The molecule has 15 heteroatoms. The lowest BCUT2D eigenvalue weighted by molar-refractivity contribution is -0.136. The molecule has 9 rings (SSSR count). The summed E-state index contributed by atoms with van der Waals surface area (Å²) in [6, 6.07) is 18.1. The normalized spacial score (nSPS) is 20.6. The first-order chi connectivity index (χ1) is 29.8. The van der Waals surface area contributed by atoms with Gasteiger partial charge < -0.3 is 30.7 Å². The van der Waals surface area contributed by atoms with E-state index in [-0.39, 0.29) is 30.0 Å². The zero-order chi connectivity index (χ0) is 42.0. The molecule has 4 amide bonds. The fraction of sp³-hybridized carbons (Fsp3) is 0.413. The predicted molar refractivity (Wildman–Crippen MR) is 235 cm³/mol. The highest BCUT2D eigenvalue weighted by Gasteiger charge is 2.41. The Morgan fingerprint density at radius 3 is 2.44 bits per heavy atom. The molecule has 5 aliphatic rings. The summed E-state index contributed by atoms with van der Waals surface area (Å²) in [7, 11) is 0. The topological polar surface area (TPSA) is 168 Å². The molecule has 4 N–H and O–H groups in total. The van der Waals surface area contributed by atoms with E-state index in [4.69, 9.17) is 9.97 Å². The van der Waals surface area contributed by atoms with Gasteiger partial charge in [0.25, 0.3) is 11.8 Å².